The van der Waals surface area contributed by atoms with Crippen LogP contribution in [0.5, 0.6) is 0 Å². The second-order valence-corrected chi connectivity index (χ2v) is 5.62. The van der Waals surface area contributed by atoms with Crippen LogP contribution in [0.2, 0.25) is 5.15 Å². The molecule has 1 aromatic rings. The van der Waals surface area contributed by atoms with Crippen LogP contribution in [0.3, 0.4) is 0 Å². The Morgan fingerprint density at radius 3 is 3.19 bits per heavy atom. The molecular formula is C11H13ClFIN2. The lowest BCUT2D eigenvalue weighted by molar-refractivity contribution is 0.316. The molecule has 1 atom stereocenters. The van der Waals surface area contributed by atoms with E-state index in [4.69, 9.17) is 11.6 Å². The molecule has 0 radical (unpaired) electrons. The summed E-state index contributed by atoms with van der Waals surface area (Å²) in [6.45, 7) is 1.53. The van der Waals surface area contributed by atoms with Crippen molar-refractivity contribution in [1.82, 2.24) is 4.98 Å². The van der Waals surface area contributed by atoms with E-state index in [1.165, 1.54) is 0 Å². The van der Waals surface area contributed by atoms with Gasteiger partial charge in [0.2, 0.25) is 0 Å². The largest absolute Gasteiger partial charge is 0.370 e. The Kier molecular flexibility index (Phi) is 4.24. The summed E-state index contributed by atoms with van der Waals surface area (Å²) in [6.07, 6.45) is 3.80. The summed E-state index contributed by atoms with van der Waals surface area (Å²) in [7, 11) is 0. The van der Waals surface area contributed by atoms with Crippen LogP contribution in [0.1, 0.15) is 12.8 Å². The Hall–Kier alpha value is -0.100. The van der Waals surface area contributed by atoms with Gasteiger partial charge in [0.1, 0.15) is 5.15 Å². The quantitative estimate of drug-likeness (QED) is 0.597. The second-order valence-electron chi connectivity index (χ2n) is 4.07. The molecule has 0 aliphatic carbocycles. The van der Waals surface area contributed by atoms with E-state index in [1.807, 2.05) is 6.07 Å². The highest BCUT2D eigenvalue weighted by Crippen LogP contribution is 2.28. The summed E-state index contributed by atoms with van der Waals surface area (Å²) in [5, 5.41) is 0.498. The molecule has 0 bridgehead atoms. The summed E-state index contributed by atoms with van der Waals surface area (Å²) in [5.41, 5.74) is 1.08. The number of nitrogens with zero attached hydrogens (tertiary/aromatic N) is 2. The van der Waals surface area contributed by atoms with Crippen molar-refractivity contribution < 1.29 is 4.39 Å². The average molecular weight is 355 g/mol. The minimum absolute atomic E-state index is 0.163. The molecule has 2 rings (SSSR count). The van der Waals surface area contributed by atoms with E-state index >= 15 is 0 Å². The maximum absolute atomic E-state index is 12.7. The fourth-order valence-corrected chi connectivity index (χ4v) is 2.84. The summed E-state index contributed by atoms with van der Waals surface area (Å²) in [6, 6.07) is 1.87. The Balaban J connectivity index is 2.19. The van der Waals surface area contributed by atoms with Gasteiger partial charge in [0.15, 0.2) is 0 Å². The van der Waals surface area contributed by atoms with Crippen LogP contribution in [0, 0.1) is 9.49 Å². The third kappa shape index (κ3) is 2.77. The minimum atomic E-state index is -0.230. The molecular weight excluding hydrogens is 341 g/mol. The lowest BCUT2D eigenvalue weighted by Crippen LogP contribution is -2.36. The number of halogens is 3. The molecule has 5 heteroatoms. The molecule has 1 fully saturated rings. The van der Waals surface area contributed by atoms with Crippen molar-refractivity contribution >= 4 is 39.9 Å². The van der Waals surface area contributed by atoms with Crippen molar-refractivity contribution in [3.05, 3.63) is 21.0 Å². The summed E-state index contributed by atoms with van der Waals surface area (Å²) in [5.74, 6) is 0.163. The number of pyridine rings is 1. The van der Waals surface area contributed by atoms with E-state index in [2.05, 4.69) is 32.5 Å². The smallest absolute Gasteiger partial charge is 0.131 e. The number of anilines is 1. The zero-order valence-electron chi connectivity index (χ0n) is 8.80. The SMILES string of the molecule is FC[C@H]1CCCN(c2cc(Cl)ncc2I)C1. The molecule has 0 amide bonds. The van der Waals surface area contributed by atoms with Crippen molar-refractivity contribution in [2.24, 2.45) is 5.92 Å². The third-order valence-corrected chi connectivity index (χ3v) is 3.92. The lowest BCUT2D eigenvalue weighted by atomic mass is 9.99. The molecule has 16 heavy (non-hydrogen) atoms. The number of aromatic nitrogens is 1. The van der Waals surface area contributed by atoms with Crippen molar-refractivity contribution in [3.63, 3.8) is 0 Å². The number of alkyl halides is 1. The first-order valence-corrected chi connectivity index (χ1v) is 6.78. The molecule has 1 aromatic heterocycles. The van der Waals surface area contributed by atoms with Crippen molar-refractivity contribution in [2.75, 3.05) is 24.7 Å². The highest BCUT2D eigenvalue weighted by molar-refractivity contribution is 14.1. The molecule has 1 saturated heterocycles. The highest BCUT2D eigenvalue weighted by Gasteiger charge is 2.21. The number of rotatable bonds is 2. The van der Waals surface area contributed by atoms with Crippen LogP contribution < -0.4 is 4.90 Å². The molecule has 1 aliphatic rings. The van der Waals surface area contributed by atoms with Gasteiger partial charge in [-0.15, -0.1) is 0 Å². The Labute approximate surface area is 113 Å². The van der Waals surface area contributed by atoms with Crippen LogP contribution in [0.4, 0.5) is 10.1 Å². The second kappa shape index (κ2) is 5.49. The van der Waals surface area contributed by atoms with Crippen LogP contribution in [0.15, 0.2) is 12.3 Å². The van der Waals surface area contributed by atoms with Gasteiger partial charge in [-0.05, 0) is 41.5 Å². The van der Waals surface area contributed by atoms with Gasteiger partial charge in [0.05, 0.1) is 15.9 Å². The molecule has 88 valence electrons. The van der Waals surface area contributed by atoms with Crippen LogP contribution in [0.25, 0.3) is 0 Å². The van der Waals surface area contributed by atoms with Gasteiger partial charge >= 0.3 is 0 Å². The fourth-order valence-electron chi connectivity index (χ4n) is 2.06. The Morgan fingerprint density at radius 2 is 2.44 bits per heavy atom. The minimum Gasteiger partial charge on any atom is -0.370 e. The predicted octanol–water partition coefficient (Wildman–Crippen LogP) is 3.53. The van der Waals surface area contributed by atoms with Crippen LogP contribution >= 0.6 is 34.2 Å². The van der Waals surface area contributed by atoms with Crippen molar-refractivity contribution in [3.8, 4) is 0 Å². The molecule has 0 spiro atoms. The van der Waals surface area contributed by atoms with Crippen LogP contribution in [-0.4, -0.2) is 24.7 Å². The Morgan fingerprint density at radius 1 is 1.62 bits per heavy atom. The van der Waals surface area contributed by atoms with Gasteiger partial charge in [-0.2, -0.15) is 0 Å². The number of hydrogen-bond acceptors (Lipinski definition) is 2. The number of piperidine rings is 1. The van der Waals surface area contributed by atoms with Gasteiger partial charge in [-0.3, -0.25) is 4.39 Å². The Bertz CT molecular complexity index is 375. The number of hydrogen-bond donors (Lipinski definition) is 0. The van der Waals surface area contributed by atoms with Crippen molar-refractivity contribution in [1.29, 1.82) is 0 Å². The first-order chi connectivity index (χ1) is 7.70. The van der Waals surface area contributed by atoms with E-state index in [0.717, 1.165) is 35.2 Å². The topological polar surface area (TPSA) is 16.1 Å². The third-order valence-electron chi connectivity index (χ3n) is 2.88. The molecule has 0 unspecified atom stereocenters. The first-order valence-electron chi connectivity index (χ1n) is 5.32. The average Bonchev–Trinajstić information content (AvgIpc) is 2.32. The van der Waals surface area contributed by atoms with E-state index < -0.39 is 0 Å². The lowest BCUT2D eigenvalue weighted by Gasteiger charge is -2.33. The van der Waals surface area contributed by atoms with Gasteiger partial charge in [-0.25, -0.2) is 4.98 Å². The first kappa shape index (κ1) is 12.4. The maximum atomic E-state index is 12.7. The molecule has 1 aliphatic heterocycles. The van der Waals surface area contributed by atoms with E-state index in [-0.39, 0.29) is 12.6 Å². The fraction of sp³-hybridized carbons (Fsp3) is 0.545. The maximum Gasteiger partial charge on any atom is 0.131 e. The van der Waals surface area contributed by atoms with Crippen molar-refractivity contribution in [2.45, 2.75) is 12.8 Å². The van der Waals surface area contributed by atoms with Gasteiger partial charge < -0.3 is 4.90 Å². The molecule has 0 N–H and O–H groups in total. The zero-order chi connectivity index (χ0) is 11.5. The highest BCUT2D eigenvalue weighted by atomic mass is 127. The summed E-state index contributed by atoms with van der Waals surface area (Å²) >= 11 is 8.13. The zero-order valence-corrected chi connectivity index (χ0v) is 11.7. The summed E-state index contributed by atoms with van der Waals surface area (Å²) in [4.78, 5) is 6.24. The predicted molar refractivity (Wildman–Crippen MR) is 72.9 cm³/mol. The summed E-state index contributed by atoms with van der Waals surface area (Å²) < 4.78 is 13.8. The molecule has 2 nitrogen and oxygen atoms in total. The van der Waals surface area contributed by atoms with E-state index in [9.17, 15) is 4.39 Å². The molecule has 0 saturated carbocycles. The van der Waals surface area contributed by atoms with Gasteiger partial charge in [-0.1, -0.05) is 11.6 Å². The van der Waals surface area contributed by atoms with Crippen LogP contribution in [-0.2, 0) is 0 Å². The normalized spacial score (nSPS) is 21.2. The standard InChI is InChI=1S/C11H13ClFIN2/c12-11-4-10(9(14)6-15-11)16-3-1-2-8(5-13)7-16/h4,6,8H,1-3,5,7H2/t8-/m1/s1. The van der Waals surface area contributed by atoms with E-state index in [0.29, 0.717) is 5.15 Å². The van der Waals surface area contributed by atoms with Gasteiger partial charge in [0.25, 0.3) is 0 Å². The molecule has 0 aromatic carbocycles. The van der Waals surface area contributed by atoms with Gasteiger partial charge in [0, 0.05) is 25.2 Å². The monoisotopic (exact) mass is 354 g/mol. The van der Waals surface area contributed by atoms with E-state index in [1.54, 1.807) is 6.20 Å². The molecule has 2 heterocycles.